The van der Waals surface area contributed by atoms with Crippen molar-refractivity contribution in [3.05, 3.63) is 34.9 Å². The van der Waals surface area contributed by atoms with Crippen LogP contribution in [0.5, 0.6) is 0 Å². The topological polar surface area (TPSA) is 29.5 Å². The Hall–Kier alpha value is -0.570. The second-order valence-electron chi connectivity index (χ2n) is 7.06. The van der Waals surface area contributed by atoms with Crippen LogP contribution in [0.2, 0.25) is 0 Å². The highest BCUT2D eigenvalue weighted by atomic mass is 35.5. The molecule has 3 atom stereocenters. The van der Waals surface area contributed by atoms with Gasteiger partial charge in [0.2, 0.25) is 0 Å². The molecule has 0 spiro atoms. The molecule has 0 aromatic rings. The summed E-state index contributed by atoms with van der Waals surface area (Å²) in [7, 11) is 0. The van der Waals surface area contributed by atoms with Gasteiger partial charge >= 0.3 is 0 Å². The molecule has 1 aliphatic heterocycles. The number of alkyl halides is 1. The predicted molar refractivity (Wildman–Crippen MR) is 93.2 cm³/mol. The van der Waals surface area contributed by atoms with Crippen molar-refractivity contribution in [3.8, 4) is 0 Å². The molecule has 1 fully saturated rings. The number of aliphatic hydroxyl groups excluding tert-OH is 1. The van der Waals surface area contributed by atoms with E-state index in [0.717, 1.165) is 19.4 Å². The summed E-state index contributed by atoms with van der Waals surface area (Å²) < 4.78 is 6.14. The lowest BCUT2D eigenvalue weighted by molar-refractivity contribution is -0.00949. The van der Waals surface area contributed by atoms with E-state index in [4.69, 9.17) is 21.4 Å². The fourth-order valence-corrected chi connectivity index (χ4v) is 4.03. The maximum absolute atomic E-state index is 8.94. The summed E-state index contributed by atoms with van der Waals surface area (Å²) >= 11 is 5.92. The average Bonchev–Trinajstić information content (AvgIpc) is 2.87. The van der Waals surface area contributed by atoms with Crippen LogP contribution in [-0.2, 0) is 4.74 Å². The monoisotopic (exact) mass is 324 g/mol. The Bertz CT molecular complexity index is 478. The molecule has 3 heteroatoms. The molecule has 1 saturated carbocycles. The van der Waals surface area contributed by atoms with Crippen molar-refractivity contribution in [3.63, 3.8) is 0 Å². The minimum Gasteiger partial charge on any atom is -0.392 e. The first-order valence-electron chi connectivity index (χ1n) is 8.29. The van der Waals surface area contributed by atoms with Crippen LogP contribution in [0.15, 0.2) is 34.9 Å². The van der Waals surface area contributed by atoms with E-state index < -0.39 is 0 Å². The van der Waals surface area contributed by atoms with Crippen molar-refractivity contribution >= 4 is 11.6 Å². The van der Waals surface area contributed by atoms with E-state index in [1.165, 1.54) is 24.0 Å². The summed E-state index contributed by atoms with van der Waals surface area (Å²) in [6, 6.07) is 0. The highest BCUT2D eigenvalue weighted by molar-refractivity contribution is 6.19. The number of halogens is 1. The molecule has 0 bridgehead atoms. The van der Waals surface area contributed by atoms with E-state index in [1.807, 2.05) is 6.08 Å². The summed E-state index contributed by atoms with van der Waals surface area (Å²) in [4.78, 5) is 0. The van der Waals surface area contributed by atoms with Crippen molar-refractivity contribution in [2.75, 3.05) is 19.1 Å². The Morgan fingerprint density at radius 3 is 2.91 bits per heavy atom. The van der Waals surface area contributed by atoms with Crippen LogP contribution in [0.4, 0.5) is 0 Å². The number of allylic oxidation sites excluding steroid dienone is 2. The van der Waals surface area contributed by atoms with Crippen molar-refractivity contribution in [1.29, 1.82) is 0 Å². The zero-order chi connectivity index (χ0) is 16.2. The molecule has 0 aromatic carbocycles. The lowest BCUT2D eigenvalue weighted by atomic mass is 9.71. The van der Waals surface area contributed by atoms with Gasteiger partial charge in [0.05, 0.1) is 19.3 Å². The van der Waals surface area contributed by atoms with Gasteiger partial charge in [-0.1, -0.05) is 36.3 Å². The maximum atomic E-state index is 8.94. The quantitative estimate of drug-likeness (QED) is 0.570. The fourth-order valence-electron chi connectivity index (χ4n) is 3.92. The van der Waals surface area contributed by atoms with E-state index in [9.17, 15) is 0 Å². The number of hydrogen-bond donors (Lipinski definition) is 1. The lowest BCUT2D eigenvalue weighted by Gasteiger charge is -2.40. The lowest BCUT2D eigenvalue weighted by Crippen LogP contribution is -2.37. The standard InChI is InChI=1S/C19H29ClO2/c1-14(12-20)7-9-19(3)10-8-16-15(2)13-22-17(18(16)19)6-4-5-11-21/h4-5,7,17-18,21H,6,8-13H2,1-3H3/b5-4+,14-7-/t17-,18+,19-/m1/s1. The number of hydrogen-bond acceptors (Lipinski definition) is 2. The molecule has 0 aromatic heterocycles. The second-order valence-corrected chi connectivity index (χ2v) is 7.33. The van der Waals surface area contributed by atoms with Gasteiger partial charge in [-0.15, -0.1) is 11.6 Å². The highest BCUT2D eigenvalue weighted by Crippen LogP contribution is 2.54. The van der Waals surface area contributed by atoms with Gasteiger partial charge in [-0.25, -0.2) is 0 Å². The average molecular weight is 325 g/mol. The Morgan fingerprint density at radius 2 is 2.23 bits per heavy atom. The molecule has 1 N–H and O–H groups in total. The van der Waals surface area contributed by atoms with Gasteiger partial charge in [0.1, 0.15) is 0 Å². The molecular weight excluding hydrogens is 296 g/mol. The minimum atomic E-state index is 0.105. The zero-order valence-electron chi connectivity index (χ0n) is 14.1. The van der Waals surface area contributed by atoms with Gasteiger partial charge in [0.25, 0.3) is 0 Å². The van der Waals surface area contributed by atoms with Crippen molar-refractivity contribution < 1.29 is 9.84 Å². The zero-order valence-corrected chi connectivity index (χ0v) is 14.8. The van der Waals surface area contributed by atoms with E-state index in [1.54, 1.807) is 5.57 Å². The van der Waals surface area contributed by atoms with Crippen molar-refractivity contribution in [2.45, 2.75) is 52.6 Å². The van der Waals surface area contributed by atoms with Crippen LogP contribution < -0.4 is 0 Å². The number of rotatable bonds is 6. The molecule has 1 aliphatic carbocycles. The molecular formula is C19H29ClO2. The second kappa shape index (κ2) is 7.81. The first kappa shape index (κ1) is 17.8. The Labute approximate surface area is 139 Å². The number of fused-ring (bicyclic) bond motifs is 1. The van der Waals surface area contributed by atoms with Crippen LogP contribution in [-0.4, -0.2) is 30.3 Å². The van der Waals surface area contributed by atoms with Crippen LogP contribution >= 0.6 is 11.6 Å². The smallest absolute Gasteiger partial charge is 0.0684 e. The van der Waals surface area contributed by atoms with Gasteiger partial charge in [-0.3, -0.25) is 0 Å². The summed E-state index contributed by atoms with van der Waals surface area (Å²) in [5, 5.41) is 8.94. The van der Waals surface area contributed by atoms with Crippen LogP contribution in [0.3, 0.4) is 0 Å². The summed E-state index contributed by atoms with van der Waals surface area (Å²) in [6.45, 7) is 7.58. The Kier molecular flexibility index (Phi) is 6.31. The molecule has 22 heavy (non-hydrogen) atoms. The first-order chi connectivity index (χ1) is 10.5. The molecule has 0 unspecified atom stereocenters. The van der Waals surface area contributed by atoms with Crippen LogP contribution in [0.1, 0.15) is 46.5 Å². The van der Waals surface area contributed by atoms with Gasteiger partial charge in [0, 0.05) is 11.8 Å². The molecule has 0 saturated heterocycles. The molecule has 2 aliphatic rings. The van der Waals surface area contributed by atoms with E-state index >= 15 is 0 Å². The molecule has 2 nitrogen and oxygen atoms in total. The van der Waals surface area contributed by atoms with Crippen molar-refractivity contribution in [2.24, 2.45) is 11.3 Å². The van der Waals surface area contributed by atoms with Gasteiger partial charge in [-0.2, -0.15) is 0 Å². The highest BCUT2D eigenvalue weighted by Gasteiger charge is 2.47. The fraction of sp³-hybridized carbons (Fsp3) is 0.684. The molecule has 124 valence electrons. The maximum Gasteiger partial charge on any atom is 0.0684 e. The van der Waals surface area contributed by atoms with Gasteiger partial charge in [0.15, 0.2) is 0 Å². The third-order valence-corrected chi connectivity index (χ3v) is 5.72. The van der Waals surface area contributed by atoms with Crippen molar-refractivity contribution in [1.82, 2.24) is 0 Å². The summed E-state index contributed by atoms with van der Waals surface area (Å²) in [6.07, 6.45) is 10.8. The summed E-state index contributed by atoms with van der Waals surface area (Å²) in [5.41, 5.74) is 4.55. The molecule has 2 rings (SSSR count). The largest absolute Gasteiger partial charge is 0.392 e. The normalized spacial score (nSPS) is 32.9. The Morgan fingerprint density at radius 1 is 1.45 bits per heavy atom. The van der Waals surface area contributed by atoms with Gasteiger partial charge in [-0.05, 0) is 50.5 Å². The third-order valence-electron chi connectivity index (χ3n) is 5.29. The number of aliphatic hydroxyl groups is 1. The third kappa shape index (κ3) is 3.84. The molecule has 0 radical (unpaired) electrons. The van der Waals surface area contributed by atoms with Gasteiger partial charge < -0.3 is 9.84 Å². The van der Waals surface area contributed by atoms with Crippen LogP contribution in [0, 0.1) is 11.3 Å². The SMILES string of the molecule is CC1=C2CC[C@@](C)(C/C=C(/C)CCl)[C@@H]2[C@@H](C/C=C/CO)OC1. The predicted octanol–water partition coefficient (Wildman–Crippen LogP) is 4.63. The van der Waals surface area contributed by atoms with Crippen LogP contribution in [0.25, 0.3) is 0 Å². The summed E-state index contributed by atoms with van der Waals surface area (Å²) in [5.74, 6) is 1.10. The molecule has 1 heterocycles. The van der Waals surface area contributed by atoms with E-state index in [0.29, 0.717) is 11.8 Å². The Balaban J connectivity index is 2.21. The van der Waals surface area contributed by atoms with E-state index in [-0.39, 0.29) is 18.1 Å². The number of ether oxygens (including phenoxy) is 1. The van der Waals surface area contributed by atoms with E-state index in [2.05, 4.69) is 32.9 Å². The minimum absolute atomic E-state index is 0.105. The molecule has 0 amide bonds. The first-order valence-corrected chi connectivity index (χ1v) is 8.83.